The van der Waals surface area contributed by atoms with Gasteiger partial charge in [-0.25, -0.2) is 0 Å². The molecule has 0 aromatic carbocycles. The van der Waals surface area contributed by atoms with E-state index in [0.29, 0.717) is 11.1 Å². The SMILES string of the molecule is CCC1CCCC1(CN)N1CCCC1(C)C. The van der Waals surface area contributed by atoms with E-state index in [1.54, 1.807) is 0 Å². The summed E-state index contributed by atoms with van der Waals surface area (Å²) < 4.78 is 0. The van der Waals surface area contributed by atoms with Crippen LogP contribution in [-0.4, -0.2) is 29.1 Å². The van der Waals surface area contributed by atoms with E-state index in [-0.39, 0.29) is 0 Å². The Morgan fingerprint density at radius 3 is 2.50 bits per heavy atom. The van der Waals surface area contributed by atoms with Crippen LogP contribution in [0.15, 0.2) is 0 Å². The summed E-state index contributed by atoms with van der Waals surface area (Å²) in [7, 11) is 0. The van der Waals surface area contributed by atoms with Crippen molar-refractivity contribution in [2.45, 2.75) is 70.4 Å². The number of rotatable bonds is 3. The van der Waals surface area contributed by atoms with E-state index in [1.165, 1.54) is 45.1 Å². The van der Waals surface area contributed by atoms with Crippen LogP contribution >= 0.6 is 0 Å². The standard InChI is InChI=1S/C14H28N2/c1-4-12-7-5-9-14(12,11-15)16-10-6-8-13(16,2)3/h12H,4-11,15H2,1-3H3. The van der Waals surface area contributed by atoms with Crippen LogP contribution in [0.5, 0.6) is 0 Å². The summed E-state index contributed by atoms with van der Waals surface area (Å²) in [6.45, 7) is 9.27. The highest BCUT2D eigenvalue weighted by Gasteiger charge is 2.51. The summed E-state index contributed by atoms with van der Waals surface area (Å²) in [5.74, 6) is 0.829. The van der Waals surface area contributed by atoms with Crippen molar-refractivity contribution in [3.63, 3.8) is 0 Å². The Labute approximate surface area is 101 Å². The lowest BCUT2D eigenvalue weighted by Gasteiger charge is -2.49. The summed E-state index contributed by atoms with van der Waals surface area (Å²) in [5.41, 5.74) is 6.89. The van der Waals surface area contributed by atoms with Gasteiger partial charge in [0.2, 0.25) is 0 Å². The zero-order valence-electron chi connectivity index (χ0n) is 11.3. The molecule has 0 bridgehead atoms. The van der Waals surface area contributed by atoms with Gasteiger partial charge in [0, 0.05) is 17.6 Å². The van der Waals surface area contributed by atoms with Crippen LogP contribution in [0.25, 0.3) is 0 Å². The lowest BCUT2D eigenvalue weighted by molar-refractivity contribution is 0.00583. The van der Waals surface area contributed by atoms with Crippen LogP contribution in [-0.2, 0) is 0 Å². The largest absolute Gasteiger partial charge is 0.329 e. The first-order chi connectivity index (χ1) is 7.57. The third-order valence-corrected chi connectivity index (χ3v) is 5.21. The van der Waals surface area contributed by atoms with Gasteiger partial charge >= 0.3 is 0 Å². The Balaban J connectivity index is 2.27. The van der Waals surface area contributed by atoms with Crippen LogP contribution in [0.2, 0.25) is 0 Å². The van der Waals surface area contributed by atoms with Crippen molar-refractivity contribution in [1.29, 1.82) is 0 Å². The van der Waals surface area contributed by atoms with E-state index in [4.69, 9.17) is 5.73 Å². The average molecular weight is 224 g/mol. The molecule has 16 heavy (non-hydrogen) atoms. The first-order valence-electron chi connectivity index (χ1n) is 7.04. The Hall–Kier alpha value is -0.0800. The molecule has 2 atom stereocenters. The zero-order chi connectivity index (χ0) is 11.8. The van der Waals surface area contributed by atoms with Crippen molar-refractivity contribution >= 4 is 0 Å². The molecule has 0 aromatic heterocycles. The smallest absolute Gasteiger partial charge is 0.0365 e. The molecule has 1 heterocycles. The van der Waals surface area contributed by atoms with Crippen LogP contribution < -0.4 is 5.73 Å². The van der Waals surface area contributed by atoms with Gasteiger partial charge in [0.25, 0.3) is 0 Å². The first kappa shape index (κ1) is 12.4. The molecule has 1 saturated heterocycles. The topological polar surface area (TPSA) is 29.3 Å². The highest BCUT2D eigenvalue weighted by atomic mass is 15.3. The predicted molar refractivity (Wildman–Crippen MR) is 69.4 cm³/mol. The molecule has 2 heteroatoms. The van der Waals surface area contributed by atoms with E-state index in [2.05, 4.69) is 25.7 Å². The van der Waals surface area contributed by atoms with Gasteiger partial charge in [0.1, 0.15) is 0 Å². The fourth-order valence-corrected chi connectivity index (χ4v) is 4.38. The van der Waals surface area contributed by atoms with Crippen LogP contribution in [0.4, 0.5) is 0 Å². The summed E-state index contributed by atoms with van der Waals surface area (Å²) in [4.78, 5) is 2.77. The van der Waals surface area contributed by atoms with Crippen molar-refractivity contribution in [3.05, 3.63) is 0 Å². The molecule has 94 valence electrons. The molecule has 2 unspecified atom stereocenters. The van der Waals surface area contributed by atoms with Gasteiger partial charge < -0.3 is 5.73 Å². The molecule has 2 aliphatic rings. The Morgan fingerprint density at radius 2 is 2.00 bits per heavy atom. The van der Waals surface area contributed by atoms with Gasteiger partial charge in [0.15, 0.2) is 0 Å². The van der Waals surface area contributed by atoms with Crippen molar-refractivity contribution in [2.24, 2.45) is 11.7 Å². The zero-order valence-corrected chi connectivity index (χ0v) is 11.3. The third-order valence-electron chi connectivity index (χ3n) is 5.21. The minimum absolute atomic E-state index is 0.328. The van der Waals surface area contributed by atoms with E-state index < -0.39 is 0 Å². The molecule has 0 radical (unpaired) electrons. The molecule has 1 aliphatic heterocycles. The van der Waals surface area contributed by atoms with Crippen molar-refractivity contribution in [3.8, 4) is 0 Å². The number of likely N-dealkylation sites (tertiary alicyclic amines) is 1. The summed E-state index contributed by atoms with van der Waals surface area (Å²) >= 11 is 0. The molecule has 2 rings (SSSR count). The van der Waals surface area contributed by atoms with Gasteiger partial charge in [-0.05, 0) is 52.0 Å². The summed E-state index contributed by atoms with van der Waals surface area (Å²) in [5, 5.41) is 0. The molecule has 2 fully saturated rings. The Bertz CT molecular complexity index is 249. The molecular weight excluding hydrogens is 196 g/mol. The van der Waals surface area contributed by atoms with E-state index >= 15 is 0 Å². The van der Waals surface area contributed by atoms with E-state index in [1.807, 2.05) is 0 Å². The molecular formula is C14H28N2. The van der Waals surface area contributed by atoms with Crippen molar-refractivity contribution in [2.75, 3.05) is 13.1 Å². The lowest BCUT2D eigenvalue weighted by atomic mass is 9.81. The quantitative estimate of drug-likeness (QED) is 0.798. The minimum Gasteiger partial charge on any atom is -0.329 e. The maximum Gasteiger partial charge on any atom is 0.0365 e. The normalized spacial score (nSPS) is 39.4. The van der Waals surface area contributed by atoms with Gasteiger partial charge in [-0.3, -0.25) is 4.90 Å². The molecule has 2 nitrogen and oxygen atoms in total. The second-order valence-electron chi connectivity index (χ2n) is 6.37. The number of hydrogen-bond donors (Lipinski definition) is 1. The van der Waals surface area contributed by atoms with Gasteiger partial charge in [-0.15, -0.1) is 0 Å². The fraction of sp³-hybridized carbons (Fsp3) is 1.00. The second-order valence-corrected chi connectivity index (χ2v) is 6.37. The number of nitrogens with zero attached hydrogens (tertiary/aromatic N) is 1. The monoisotopic (exact) mass is 224 g/mol. The van der Waals surface area contributed by atoms with Crippen molar-refractivity contribution in [1.82, 2.24) is 4.90 Å². The number of hydrogen-bond acceptors (Lipinski definition) is 2. The van der Waals surface area contributed by atoms with Gasteiger partial charge in [0.05, 0.1) is 0 Å². The van der Waals surface area contributed by atoms with Crippen molar-refractivity contribution < 1.29 is 0 Å². The Kier molecular flexibility index (Phi) is 3.33. The minimum atomic E-state index is 0.328. The highest BCUT2D eigenvalue weighted by Crippen LogP contribution is 2.47. The van der Waals surface area contributed by atoms with Crippen LogP contribution in [0, 0.1) is 5.92 Å². The predicted octanol–water partition coefficient (Wildman–Crippen LogP) is 2.77. The molecule has 0 spiro atoms. The molecule has 0 amide bonds. The average Bonchev–Trinajstić information content (AvgIpc) is 2.81. The summed E-state index contributed by atoms with van der Waals surface area (Å²) in [6, 6.07) is 0. The molecule has 1 aliphatic carbocycles. The van der Waals surface area contributed by atoms with Crippen LogP contribution in [0.1, 0.15) is 59.3 Å². The highest BCUT2D eigenvalue weighted by molar-refractivity contribution is 5.07. The fourth-order valence-electron chi connectivity index (χ4n) is 4.38. The maximum absolute atomic E-state index is 6.19. The van der Waals surface area contributed by atoms with Gasteiger partial charge in [-0.2, -0.15) is 0 Å². The van der Waals surface area contributed by atoms with Gasteiger partial charge in [-0.1, -0.05) is 19.8 Å². The van der Waals surface area contributed by atoms with E-state index in [9.17, 15) is 0 Å². The molecule has 0 aromatic rings. The third kappa shape index (κ3) is 1.70. The molecule has 2 N–H and O–H groups in total. The van der Waals surface area contributed by atoms with E-state index in [0.717, 1.165) is 12.5 Å². The van der Waals surface area contributed by atoms with Crippen LogP contribution in [0.3, 0.4) is 0 Å². The summed E-state index contributed by atoms with van der Waals surface area (Å²) in [6.07, 6.45) is 8.08. The molecule has 1 saturated carbocycles. The maximum atomic E-state index is 6.19. The first-order valence-corrected chi connectivity index (χ1v) is 7.04. The lowest BCUT2D eigenvalue weighted by Crippen LogP contribution is -2.60. The Morgan fingerprint density at radius 1 is 1.25 bits per heavy atom. The second kappa shape index (κ2) is 4.30. The number of nitrogens with two attached hydrogens (primary N) is 1.